The van der Waals surface area contributed by atoms with Crippen molar-refractivity contribution in [1.82, 2.24) is 0 Å². The largest absolute Gasteiger partial charge is 0.381 e. The molecule has 1 aliphatic heterocycles. The van der Waals surface area contributed by atoms with Crippen molar-refractivity contribution in [2.75, 3.05) is 13.2 Å². The van der Waals surface area contributed by atoms with Gasteiger partial charge in [0.15, 0.2) is 0 Å². The normalized spacial score (nSPS) is 31.5. The van der Waals surface area contributed by atoms with Crippen molar-refractivity contribution in [1.29, 1.82) is 0 Å². The van der Waals surface area contributed by atoms with E-state index in [-0.39, 0.29) is 0 Å². The summed E-state index contributed by atoms with van der Waals surface area (Å²) in [7, 11) is 0. The minimum atomic E-state index is 0.373. The first-order valence-electron chi connectivity index (χ1n) is 4.98. The van der Waals surface area contributed by atoms with E-state index in [1.807, 2.05) is 0 Å². The van der Waals surface area contributed by atoms with Gasteiger partial charge in [-0.2, -0.15) is 0 Å². The van der Waals surface area contributed by atoms with Gasteiger partial charge >= 0.3 is 0 Å². The summed E-state index contributed by atoms with van der Waals surface area (Å²) in [4.78, 5) is 0. The summed E-state index contributed by atoms with van der Waals surface area (Å²) in [5, 5.41) is 0. The third-order valence-electron chi connectivity index (χ3n) is 3.65. The van der Waals surface area contributed by atoms with E-state index in [2.05, 4.69) is 34.6 Å². The molecule has 72 valence electrons. The zero-order chi connectivity index (χ0) is 9.41. The molecule has 0 aromatic heterocycles. The predicted molar refractivity (Wildman–Crippen MR) is 52.2 cm³/mol. The molecule has 0 radical (unpaired) electrons. The summed E-state index contributed by atoms with van der Waals surface area (Å²) in [6.07, 6.45) is 1.23. The third kappa shape index (κ3) is 1.39. The molecule has 0 aliphatic carbocycles. The lowest BCUT2D eigenvalue weighted by atomic mass is 9.60. The van der Waals surface area contributed by atoms with Gasteiger partial charge in [-0.15, -0.1) is 0 Å². The van der Waals surface area contributed by atoms with Gasteiger partial charge in [-0.3, -0.25) is 0 Å². The van der Waals surface area contributed by atoms with Gasteiger partial charge in [0.25, 0.3) is 0 Å². The zero-order valence-electron chi connectivity index (χ0n) is 9.11. The number of rotatable bonds is 1. The molecule has 12 heavy (non-hydrogen) atoms. The average molecular weight is 170 g/mol. The molecule has 0 bridgehead atoms. The van der Waals surface area contributed by atoms with Crippen molar-refractivity contribution in [3.63, 3.8) is 0 Å². The SMILES string of the molecule is CC(C)[C@@]1(C(C)(C)C)CCOC1. The Labute approximate surface area is 76.5 Å². The Morgan fingerprint density at radius 2 is 1.83 bits per heavy atom. The van der Waals surface area contributed by atoms with E-state index in [4.69, 9.17) is 4.74 Å². The first-order valence-corrected chi connectivity index (χ1v) is 4.98. The van der Waals surface area contributed by atoms with Gasteiger partial charge in [0.2, 0.25) is 0 Å². The molecule has 1 heterocycles. The number of hydrogen-bond donors (Lipinski definition) is 0. The molecule has 0 unspecified atom stereocenters. The van der Waals surface area contributed by atoms with Gasteiger partial charge in [0, 0.05) is 12.0 Å². The Kier molecular flexibility index (Phi) is 2.53. The second kappa shape index (κ2) is 3.02. The van der Waals surface area contributed by atoms with Crippen LogP contribution >= 0.6 is 0 Å². The van der Waals surface area contributed by atoms with Crippen LogP contribution in [0.1, 0.15) is 41.0 Å². The first kappa shape index (κ1) is 10.0. The van der Waals surface area contributed by atoms with Crippen LogP contribution in [-0.2, 0) is 4.74 Å². The van der Waals surface area contributed by atoms with Gasteiger partial charge < -0.3 is 4.74 Å². The quantitative estimate of drug-likeness (QED) is 0.587. The lowest BCUT2D eigenvalue weighted by Gasteiger charge is -2.44. The Balaban J connectivity index is 2.87. The van der Waals surface area contributed by atoms with Crippen LogP contribution in [0, 0.1) is 16.7 Å². The summed E-state index contributed by atoms with van der Waals surface area (Å²) in [6, 6.07) is 0. The van der Waals surface area contributed by atoms with E-state index >= 15 is 0 Å². The summed E-state index contributed by atoms with van der Waals surface area (Å²) in [6.45, 7) is 13.6. The molecule has 1 nitrogen and oxygen atoms in total. The summed E-state index contributed by atoms with van der Waals surface area (Å²) in [5.74, 6) is 0.722. The fourth-order valence-corrected chi connectivity index (χ4v) is 2.49. The standard InChI is InChI=1S/C11H22O/c1-9(2)11(10(3,4)5)6-7-12-8-11/h9H,6-8H2,1-5H3/t11-/m1/s1. The summed E-state index contributed by atoms with van der Waals surface area (Å²) < 4.78 is 5.55. The highest BCUT2D eigenvalue weighted by Crippen LogP contribution is 2.50. The highest BCUT2D eigenvalue weighted by atomic mass is 16.5. The Morgan fingerprint density at radius 3 is 2.00 bits per heavy atom. The van der Waals surface area contributed by atoms with E-state index in [9.17, 15) is 0 Å². The van der Waals surface area contributed by atoms with Crippen LogP contribution in [-0.4, -0.2) is 13.2 Å². The van der Waals surface area contributed by atoms with Crippen molar-refractivity contribution in [2.45, 2.75) is 41.0 Å². The third-order valence-corrected chi connectivity index (χ3v) is 3.65. The van der Waals surface area contributed by atoms with Crippen LogP contribution in [0.15, 0.2) is 0 Å². The Morgan fingerprint density at radius 1 is 1.25 bits per heavy atom. The van der Waals surface area contributed by atoms with Crippen molar-refractivity contribution < 1.29 is 4.74 Å². The molecule has 0 aromatic carbocycles. The molecule has 1 atom stereocenters. The lowest BCUT2D eigenvalue weighted by molar-refractivity contribution is 0.0171. The summed E-state index contributed by atoms with van der Waals surface area (Å²) >= 11 is 0. The van der Waals surface area contributed by atoms with E-state index in [1.54, 1.807) is 0 Å². The predicted octanol–water partition coefficient (Wildman–Crippen LogP) is 3.10. The molecular weight excluding hydrogens is 148 g/mol. The van der Waals surface area contributed by atoms with Crippen molar-refractivity contribution in [2.24, 2.45) is 16.7 Å². The molecule has 1 rings (SSSR count). The van der Waals surface area contributed by atoms with E-state index in [0.29, 0.717) is 10.8 Å². The van der Waals surface area contributed by atoms with Gasteiger partial charge in [0.1, 0.15) is 0 Å². The minimum Gasteiger partial charge on any atom is -0.381 e. The van der Waals surface area contributed by atoms with Crippen LogP contribution in [0.2, 0.25) is 0 Å². The molecule has 1 aliphatic rings. The van der Waals surface area contributed by atoms with Gasteiger partial charge in [0.05, 0.1) is 6.61 Å². The Bertz CT molecular complexity index is 147. The van der Waals surface area contributed by atoms with Crippen molar-refractivity contribution >= 4 is 0 Å². The molecular formula is C11H22O. The molecule has 0 spiro atoms. The topological polar surface area (TPSA) is 9.23 Å². The van der Waals surface area contributed by atoms with Crippen LogP contribution in [0.25, 0.3) is 0 Å². The Hall–Kier alpha value is -0.0400. The van der Waals surface area contributed by atoms with E-state index in [1.165, 1.54) is 6.42 Å². The second-order valence-electron chi connectivity index (χ2n) is 5.36. The summed E-state index contributed by atoms with van der Waals surface area (Å²) in [5.41, 5.74) is 0.782. The number of hydrogen-bond acceptors (Lipinski definition) is 1. The van der Waals surface area contributed by atoms with Crippen LogP contribution < -0.4 is 0 Å². The maximum Gasteiger partial charge on any atom is 0.0530 e. The van der Waals surface area contributed by atoms with Gasteiger partial charge in [-0.1, -0.05) is 34.6 Å². The molecule has 1 heteroatoms. The molecule has 1 fully saturated rings. The van der Waals surface area contributed by atoms with E-state index in [0.717, 1.165) is 19.1 Å². The highest BCUT2D eigenvalue weighted by molar-refractivity contribution is 4.95. The zero-order valence-corrected chi connectivity index (χ0v) is 9.11. The molecule has 0 aromatic rings. The molecule has 0 saturated carbocycles. The van der Waals surface area contributed by atoms with Crippen LogP contribution in [0.3, 0.4) is 0 Å². The average Bonchev–Trinajstić information content (AvgIpc) is 2.31. The van der Waals surface area contributed by atoms with Crippen LogP contribution in [0.4, 0.5) is 0 Å². The smallest absolute Gasteiger partial charge is 0.0530 e. The van der Waals surface area contributed by atoms with Crippen LogP contribution in [0.5, 0.6) is 0 Å². The minimum absolute atomic E-state index is 0.373. The lowest BCUT2D eigenvalue weighted by Crippen LogP contribution is -2.40. The fraction of sp³-hybridized carbons (Fsp3) is 1.00. The number of ether oxygens (including phenoxy) is 1. The van der Waals surface area contributed by atoms with Crippen molar-refractivity contribution in [3.05, 3.63) is 0 Å². The maximum absolute atomic E-state index is 5.55. The maximum atomic E-state index is 5.55. The van der Waals surface area contributed by atoms with Gasteiger partial charge in [-0.25, -0.2) is 0 Å². The highest BCUT2D eigenvalue weighted by Gasteiger charge is 2.46. The first-order chi connectivity index (χ1) is 5.40. The monoisotopic (exact) mass is 170 g/mol. The second-order valence-corrected chi connectivity index (χ2v) is 5.36. The van der Waals surface area contributed by atoms with Gasteiger partial charge in [-0.05, 0) is 17.8 Å². The van der Waals surface area contributed by atoms with E-state index < -0.39 is 0 Å². The molecule has 0 amide bonds. The molecule has 0 N–H and O–H groups in total. The van der Waals surface area contributed by atoms with Crippen molar-refractivity contribution in [3.8, 4) is 0 Å². The fourth-order valence-electron chi connectivity index (χ4n) is 2.49. The molecule has 1 saturated heterocycles.